The van der Waals surface area contributed by atoms with Gasteiger partial charge in [-0.05, 0) is 42.5 Å². The quantitative estimate of drug-likeness (QED) is 0.192. The Morgan fingerprint density at radius 2 is 0.909 bits per heavy atom. The van der Waals surface area contributed by atoms with E-state index in [1.165, 1.54) is 24.3 Å². The predicted molar refractivity (Wildman–Crippen MR) is 140 cm³/mol. The van der Waals surface area contributed by atoms with Crippen LogP contribution < -0.4 is 0 Å². The number of para-hydroxylation sites is 2. The van der Waals surface area contributed by atoms with E-state index < -0.39 is 23.5 Å². The molecule has 16 heteroatoms. The molecule has 0 bridgehead atoms. The summed E-state index contributed by atoms with van der Waals surface area (Å²) in [5.41, 5.74) is -1.40. The first-order valence-corrected chi connectivity index (χ1v) is 12.5. The van der Waals surface area contributed by atoms with Crippen molar-refractivity contribution >= 4 is 22.1 Å². The highest BCUT2D eigenvalue weighted by Crippen LogP contribution is 2.36. The molecule has 0 fully saturated rings. The van der Waals surface area contributed by atoms with E-state index in [9.17, 15) is 26.3 Å². The molecule has 0 aliphatic carbocycles. The second-order valence-electron chi connectivity index (χ2n) is 9.26. The van der Waals surface area contributed by atoms with Crippen molar-refractivity contribution in [1.82, 2.24) is 40.3 Å². The molecule has 218 valence electrons. The molecule has 0 atom stereocenters. The number of rotatable bonds is 4. The lowest BCUT2D eigenvalue weighted by atomic mass is 10.1. The van der Waals surface area contributed by atoms with E-state index in [0.717, 1.165) is 24.5 Å². The lowest BCUT2D eigenvalue weighted by molar-refractivity contribution is -0.137. The van der Waals surface area contributed by atoms with Crippen LogP contribution in [-0.4, -0.2) is 40.3 Å². The second kappa shape index (κ2) is 9.89. The SMILES string of the molecule is FC(F)(F)c1cccc2nc(-c3nnc(-c4cccc(-c5nnc(-c6cnc7c(C(F)(F)F)cccc7n6)o5)c4)o3)cnc12. The minimum Gasteiger partial charge on any atom is -0.415 e. The van der Waals surface area contributed by atoms with Gasteiger partial charge < -0.3 is 8.83 Å². The van der Waals surface area contributed by atoms with Crippen LogP contribution in [0.1, 0.15) is 11.1 Å². The molecule has 4 aromatic heterocycles. The summed E-state index contributed by atoms with van der Waals surface area (Å²) >= 11 is 0. The molecular weight excluding hydrogens is 594 g/mol. The molecular formula is C28H12F6N8O2. The van der Waals surface area contributed by atoms with Crippen molar-refractivity contribution in [2.45, 2.75) is 12.4 Å². The highest BCUT2D eigenvalue weighted by atomic mass is 19.4. The molecule has 0 saturated carbocycles. The number of hydrogen-bond acceptors (Lipinski definition) is 10. The van der Waals surface area contributed by atoms with E-state index in [-0.39, 0.29) is 57.0 Å². The van der Waals surface area contributed by atoms with Gasteiger partial charge in [0.2, 0.25) is 11.8 Å². The van der Waals surface area contributed by atoms with Crippen LogP contribution >= 0.6 is 0 Å². The van der Waals surface area contributed by atoms with Crippen LogP contribution in [0.2, 0.25) is 0 Å². The van der Waals surface area contributed by atoms with Gasteiger partial charge in [-0.2, -0.15) is 26.3 Å². The molecule has 4 heterocycles. The maximum atomic E-state index is 13.3. The zero-order valence-electron chi connectivity index (χ0n) is 21.6. The van der Waals surface area contributed by atoms with Crippen LogP contribution in [0.3, 0.4) is 0 Å². The molecule has 0 radical (unpaired) electrons. The van der Waals surface area contributed by atoms with Crippen molar-refractivity contribution in [3.63, 3.8) is 0 Å². The number of halogens is 6. The summed E-state index contributed by atoms with van der Waals surface area (Å²) in [6, 6.07) is 13.7. The molecule has 10 nitrogen and oxygen atoms in total. The number of alkyl halides is 6. The third-order valence-electron chi connectivity index (χ3n) is 6.40. The highest BCUT2D eigenvalue weighted by Gasteiger charge is 2.34. The van der Waals surface area contributed by atoms with Crippen molar-refractivity contribution in [3.05, 3.63) is 84.2 Å². The smallest absolute Gasteiger partial charge is 0.415 e. The van der Waals surface area contributed by atoms with Crippen molar-refractivity contribution in [3.8, 4) is 46.1 Å². The Labute approximate surface area is 240 Å². The zero-order valence-corrected chi connectivity index (χ0v) is 21.6. The summed E-state index contributed by atoms with van der Waals surface area (Å²) in [5.74, 6) is -0.0107. The maximum absolute atomic E-state index is 13.3. The summed E-state index contributed by atoms with van der Waals surface area (Å²) in [6.07, 6.45) is -6.96. The van der Waals surface area contributed by atoms with E-state index in [0.29, 0.717) is 11.1 Å². The van der Waals surface area contributed by atoms with Gasteiger partial charge in [-0.1, -0.05) is 18.2 Å². The standard InChI is InChI=1S/C28H12F6N8O2/c29-27(30,31)15-6-2-8-17-21(15)35-11-19(37-17)25-41-39-23(43-25)13-4-1-5-14(10-13)24-40-42-26(44-24)20-12-36-22-16(28(32,33)34)7-3-9-18(22)38-20/h1-12H. The molecule has 7 aromatic rings. The molecule has 0 amide bonds. The zero-order chi connectivity index (χ0) is 30.6. The Balaban J connectivity index is 1.17. The average Bonchev–Trinajstić information content (AvgIpc) is 3.70. The van der Waals surface area contributed by atoms with Crippen LogP contribution in [0.4, 0.5) is 26.3 Å². The summed E-state index contributed by atoms with van der Waals surface area (Å²) in [7, 11) is 0. The van der Waals surface area contributed by atoms with Crippen molar-refractivity contribution < 1.29 is 35.2 Å². The molecule has 0 aliphatic rings. The van der Waals surface area contributed by atoms with Gasteiger partial charge in [-0.25, -0.2) is 9.97 Å². The topological polar surface area (TPSA) is 129 Å². The normalized spacial score (nSPS) is 12.3. The molecule has 0 spiro atoms. The van der Waals surface area contributed by atoms with Crippen LogP contribution in [0.15, 0.2) is 81.9 Å². The van der Waals surface area contributed by atoms with Gasteiger partial charge in [-0.3, -0.25) is 9.97 Å². The van der Waals surface area contributed by atoms with Gasteiger partial charge in [0, 0.05) is 11.1 Å². The summed E-state index contributed by atoms with van der Waals surface area (Å²) in [6.45, 7) is 0. The molecule has 3 aromatic carbocycles. The highest BCUT2D eigenvalue weighted by molar-refractivity contribution is 5.81. The number of nitrogens with zero attached hydrogens (tertiary/aromatic N) is 8. The van der Waals surface area contributed by atoms with Crippen LogP contribution in [0.5, 0.6) is 0 Å². The summed E-state index contributed by atoms with van der Waals surface area (Å²) in [4.78, 5) is 16.2. The molecule has 0 saturated heterocycles. The Bertz CT molecular complexity index is 2040. The average molecular weight is 606 g/mol. The van der Waals surface area contributed by atoms with Gasteiger partial charge in [0.15, 0.2) is 0 Å². The van der Waals surface area contributed by atoms with Crippen LogP contribution in [0.25, 0.3) is 68.1 Å². The van der Waals surface area contributed by atoms with Gasteiger partial charge in [0.25, 0.3) is 11.8 Å². The second-order valence-corrected chi connectivity index (χ2v) is 9.26. The van der Waals surface area contributed by atoms with Crippen molar-refractivity contribution in [1.29, 1.82) is 0 Å². The first-order chi connectivity index (χ1) is 21.0. The number of hydrogen-bond donors (Lipinski definition) is 0. The maximum Gasteiger partial charge on any atom is 0.418 e. The summed E-state index contributed by atoms with van der Waals surface area (Å²) < 4.78 is 91.4. The van der Waals surface area contributed by atoms with Gasteiger partial charge in [-0.15, -0.1) is 20.4 Å². The first kappa shape index (κ1) is 27.1. The third-order valence-corrected chi connectivity index (χ3v) is 6.40. The molecule has 44 heavy (non-hydrogen) atoms. The van der Waals surface area contributed by atoms with E-state index in [4.69, 9.17) is 8.83 Å². The fourth-order valence-electron chi connectivity index (χ4n) is 4.42. The fraction of sp³-hybridized carbons (Fsp3) is 0.0714. The Morgan fingerprint density at radius 1 is 0.500 bits per heavy atom. The molecule has 0 N–H and O–H groups in total. The molecule has 7 rings (SSSR count). The number of fused-ring (bicyclic) bond motifs is 2. The first-order valence-electron chi connectivity index (χ1n) is 12.5. The van der Waals surface area contributed by atoms with E-state index in [1.807, 2.05) is 0 Å². The lowest BCUT2D eigenvalue weighted by Gasteiger charge is -2.09. The minimum absolute atomic E-state index is 0.00293. The molecule has 0 unspecified atom stereocenters. The Hall–Kier alpha value is -5.80. The van der Waals surface area contributed by atoms with Gasteiger partial charge >= 0.3 is 12.4 Å². The largest absolute Gasteiger partial charge is 0.418 e. The monoisotopic (exact) mass is 606 g/mol. The Kier molecular flexibility index (Phi) is 6.08. The minimum atomic E-state index is -4.60. The predicted octanol–water partition coefficient (Wildman–Crippen LogP) is 7.04. The van der Waals surface area contributed by atoms with E-state index in [1.54, 1.807) is 24.3 Å². The van der Waals surface area contributed by atoms with E-state index >= 15 is 0 Å². The Morgan fingerprint density at radius 3 is 1.34 bits per heavy atom. The summed E-state index contributed by atoms with van der Waals surface area (Å²) in [5, 5.41) is 15.9. The van der Waals surface area contributed by atoms with E-state index in [2.05, 4.69) is 40.3 Å². The fourth-order valence-corrected chi connectivity index (χ4v) is 4.42. The van der Waals surface area contributed by atoms with Crippen LogP contribution in [0, 0.1) is 0 Å². The van der Waals surface area contributed by atoms with Crippen LogP contribution in [-0.2, 0) is 12.4 Å². The lowest BCUT2D eigenvalue weighted by Crippen LogP contribution is -2.07. The van der Waals surface area contributed by atoms with Gasteiger partial charge in [0.05, 0.1) is 34.6 Å². The number of benzene rings is 3. The molecule has 0 aliphatic heterocycles. The van der Waals surface area contributed by atoms with Gasteiger partial charge in [0.1, 0.15) is 22.4 Å². The number of aromatic nitrogens is 8. The van der Waals surface area contributed by atoms with Crippen molar-refractivity contribution in [2.24, 2.45) is 0 Å². The van der Waals surface area contributed by atoms with Crippen molar-refractivity contribution in [2.75, 3.05) is 0 Å². The third kappa shape index (κ3) is 4.85.